The van der Waals surface area contributed by atoms with Gasteiger partial charge in [-0.3, -0.25) is 4.98 Å². The Balaban J connectivity index is 1.12. The topological polar surface area (TPSA) is 29.3 Å². The lowest BCUT2D eigenvalue weighted by Crippen LogP contribution is -2.09. The molecule has 0 aliphatic rings. The predicted molar refractivity (Wildman–Crippen MR) is 210 cm³/mol. The number of pyridine rings is 1. The number of nitrogens with zero attached hydrogens (tertiary/aromatic N) is 2. The summed E-state index contributed by atoms with van der Waals surface area (Å²) in [5.74, 6) is 0. The standard InChI is InChI=1S/C47H30N2O/c1-2-6-31(7-3-1)32-14-20-38(21-15-32)49(40-24-18-35-11-13-36-12-10-34-8-4-5-9-41(34)47(36)42(35)29-40)39-22-16-33(17-23-39)37-19-25-45-43(28-37)44-30-48-27-26-46(44)50-45/h1-30H. The molecule has 234 valence electrons. The molecule has 0 unspecified atom stereocenters. The summed E-state index contributed by atoms with van der Waals surface area (Å²) in [4.78, 5) is 6.70. The van der Waals surface area contributed by atoms with E-state index in [-0.39, 0.29) is 0 Å². The van der Waals surface area contributed by atoms with Crippen LogP contribution in [0.1, 0.15) is 0 Å². The van der Waals surface area contributed by atoms with Gasteiger partial charge in [0.25, 0.3) is 0 Å². The second kappa shape index (κ2) is 11.5. The first kappa shape index (κ1) is 28.3. The molecule has 2 aromatic heterocycles. The molecule has 3 heteroatoms. The van der Waals surface area contributed by atoms with Crippen LogP contribution in [0.2, 0.25) is 0 Å². The number of anilines is 3. The summed E-state index contributed by atoms with van der Waals surface area (Å²) in [7, 11) is 0. The van der Waals surface area contributed by atoms with Gasteiger partial charge >= 0.3 is 0 Å². The molecule has 0 amide bonds. The summed E-state index contributed by atoms with van der Waals surface area (Å²) in [5.41, 5.74) is 9.70. The highest BCUT2D eigenvalue weighted by atomic mass is 16.3. The van der Waals surface area contributed by atoms with Gasteiger partial charge in [0.1, 0.15) is 11.2 Å². The Hall–Kier alpha value is -6.71. The molecule has 0 atom stereocenters. The van der Waals surface area contributed by atoms with E-state index in [2.05, 4.69) is 174 Å². The molecule has 8 aromatic carbocycles. The molecule has 0 spiro atoms. The first-order valence-corrected chi connectivity index (χ1v) is 16.9. The van der Waals surface area contributed by atoms with E-state index in [1.807, 2.05) is 12.3 Å². The molecule has 10 rings (SSSR count). The van der Waals surface area contributed by atoms with Gasteiger partial charge in [-0.25, -0.2) is 0 Å². The zero-order chi connectivity index (χ0) is 33.0. The highest BCUT2D eigenvalue weighted by Gasteiger charge is 2.16. The molecule has 0 aliphatic carbocycles. The van der Waals surface area contributed by atoms with Crippen molar-refractivity contribution in [2.45, 2.75) is 0 Å². The number of benzene rings is 8. The van der Waals surface area contributed by atoms with Crippen LogP contribution in [-0.2, 0) is 0 Å². The van der Waals surface area contributed by atoms with Gasteiger partial charge in [0, 0.05) is 40.2 Å². The third-order valence-electron chi connectivity index (χ3n) is 9.93. The van der Waals surface area contributed by atoms with Crippen molar-refractivity contribution in [3.8, 4) is 22.3 Å². The fourth-order valence-electron chi connectivity index (χ4n) is 7.44. The molecule has 50 heavy (non-hydrogen) atoms. The molecule has 0 saturated carbocycles. The lowest BCUT2D eigenvalue weighted by atomic mass is 9.96. The van der Waals surface area contributed by atoms with Crippen molar-refractivity contribution in [3.05, 3.63) is 182 Å². The smallest absolute Gasteiger partial charge is 0.138 e. The van der Waals surface area contributed by atoms with Gasteiger partial charge in [-0.15, -0.1) is 0 Å². The average molecular weight is 639 g/mol. The highest BCUT2D eigenvalue weighted by molar-refractivity contribution is 6.20. The van der Waals surface area contributed by atoms with Gasteiger partial charge in [0.2, 0.25) is 0 Å². The Morgan fingerprint density at radius 2 is 0.960 bits per heavy atom. The van der Waals surface area contributed by atoms with Crippen molar-refractivity contribution < 1.29 is 4.42 Å². The maximum atomic E-state index is 6.06. The number of hydrogen-bond acceptors (Lipinski definition) is 3. The van der Waals surface area contributed by atoms with Crippen molar-refractivity contribution in [1.82, 2.24) is 4.98 Å². The van der Waals surface area contributed by atoms with E-state index in [1.165, 1.54) is 43.4 Å². The van der Waals surface area contributed by atoms with Crippen molar-refractivity contribution in [3.63, 3.8) is 0 Å². The van der Waals surface area contributed by atoms with Gasteiger partial charge in [-0.1, -0.05) is 115 Å². The summed E-state index contributed by atoms with van der Waals surface area (Å²) >= 11 is 0. The predicted octanol–water partition coefficient (Wildman–Crippen LogP) is 13.2. The molecule has 2 heterocycles. The van der Waals surface area contributed by atoms with Crippen LogP contribution < -0.4 is 4.90 Å². The Labute approximate surface area is 289 Å². The fourth-order valence-corrected chi connectivity index (χ4v) is 7.44. The molecular weight excluding hydrogens is 609 g/mol. The molecular formula is C47H30N2O. The largest absolute Gasteiger partial charge is 0.456 e. The van der Waals surface area contributed by atoms with Crippen LogP contribution in [-0.4, -0.2) is 4.98 Å². The molecule has 10 aromatic rings. The van der Waals surface area contributed by atoms with E-state index in [0.29, 0.717) is 0 Å². The Bertz CT molecular complexity index is 2850. The number of fused-ring (bicyclic) bond motifs is 8. The minimum Gasteiger partial charge on any atom is -0.456 e. The SMILES string of the molecule is c1ccc(-c2ccc(N(c3ccc(-c4ccc5oc6ccncc6c5c4)cc3)c3ccc4ccc5ccc6ccccc6c5c4c3)cc2)cc1. The van der Waals surface area contributed by atoms with E-state index >= 15 is 0 Å². The van der Waals surface area contributed by atoms with Crippen LogP contribution in [0.25, 0.3) is 76.5 Å². The zero-order valence-electron chi connectivity index (χ0n) is 27.1. The number of aromatic nitrogens is 1. The maximum absolute atomic E-state index is 6.06. The molecule has 0 saturated heterocycles. The van der Waals surface area contributed by atoms with Gasteiger partial charge in [0.15, 0.2) is 0 Å². The van der Waals surface area contributed by atoms with Gasteiger partial charge in [-0.05, 0) is 109 Å². The third-order valence-corrected chi connectivity index (χ3v) is 9.93. The normalized spacial score (nSPS) is 11.6. The van der Waals surface area contributed by atoms with Crippen molar-refractivity contribution in [1.29, 1.82) is 0 Å². The molecule has 0 bridgehead atoms. The Kier molecular flexibility index (Phi) is 6.49. The van der Waals surface area contributed by atoms with E-state index in [9.17, 15) is 0 Å². The second-order valence-corrected chi connectivity index (χ2v) is 12.8. The van der Waals surface area contributed by atoms with Crippen LogP contribution in [0.4, 0.5) is 17.1 Å². The van der Waals surface area contributed by atoms with Crippen LogP contribution in [0, 0.1) is 0 Å². The van der Waals surface area contributed by atoms with Crippen LogP contribution in [0.5, 0.6) is 0 Å². The third kappa shape index (κ3) is 4.71. The summed E-state index contributed by atoms with van der Waals surface area (Å²) in [6.45, 7) is 0. The summed E-state index contributed by atoms with van der Waals surface area (Å²) in [6.07, 6.45) is 3.65. The van der Waals surface area contributed by atoms with Crippen LogP contribution in [0.15, 0.2) is 187 Å². The lowest BCUT2D eigenvalue weighted by molar-refractivity contribution is 0.668. The zero-order valence-corrected chi connectivity index (χ0v) is 27.1. The van der Waals surface area contributed by atoms with Gasteiger partial charge in [-0.2, -0.15) is 0 Å². The average Bonchev–Trinajstić information content (AvgIpc) is 3.57. The van der Waals surface area contributed by atoms with E-state index in [1.54, 1.807) is 6.20 Å². The highest BCUT2D eigenvalue weighted by Crippen LogP contribution is 2.41. The van der Waals surface area contributed by atoms with Gasteiger partial charge in [0.05, 0.1) is 0 Å². The lowest BCUT2D eigenvalue weighted by Gasteiger charge is -2.26. The summed E-state index contributed by atoms with van der Waals surface area (Å²) in [5, 5.41) is 9.63. The molecule has 3 nitrogen and oxygen atoms in total. The van der Waals surface area contributed by atoms with Crippen molar-refractivity contribution in [2.75, 3.05) is 4.90 Å². The summed E-state index contributed by atoms with van der Waals surface area (Å²) in [6, 6.07) is 61.1. The molecule has 0 aliphatic heterocycles. The Morgan fingerprint density at radius 3 is 1.74 bits per heavy atom. The number of rotatable bonds is 5. The van der Waals surface area contributed by atoms with Crippen LogP contribution in [0.3, 0.4) is 0 Å². The first-order chi connectivity index (χ1) is 24.8. The molecule has 0 radical (unpaired) electrons. The number of furan rings is 1. The van der Waals surface area contributed by atoms with E-state index in [4.69, 9.17) is 4.42 Å². The monoisotopic (exact) mass is 638 g/mol. The van der Waals surface area contributed by atoms with E-state index in [0.717, 1.165) is 50.1 Å². The van der Waals surface area contributed by atoms with Crippen molar-refractivity contribution >= 4 is 71.3 Å². The quantitative estimate of drug-likeness (QED) is 0.176. The van der Waals surface area contributed by atoms with Crippen molar-refractivity contribution in [2.24, 2.45) is 0 Å². The minimum absolute atomic E-state index is 0.854. The second-order valence-electron chi connectivity index (χ2n) is 12.8. The van der Waals surface area contributed by atoms with Crippen LogP contribution >= 0.6 is 0 Å². The maximum Gasteiger partial charge on any atom is 0.138 e. The molecule has 0 fully saturated rings. The molecule has 0 N–H and O–H groups in total. The van der Waals surface area contributed by atoms with E-state index < -0.39 is 0 Å². The summed E-state index contributed by atoms with van der Waals surface area (Å²) < 4.78 is 6.06. The number of hydrogen-bond donors (Lipinski definition) is 0. The first-order valence-electron chi connectivity index (χ1n) is 16.9. The minimum atomic E-state index is 0.854. The van der Waals surface area contributed by atoms with Gasteiger partial charge < -0.3 is 9.32 Å². The Morgan fingerprint density at radius 1 is 0.380 bits per heavy atom. The fraction of sp³-hybridized carbons (Fsp3) is 0.